The van der Waals surface area contributed by atoms with Crippen LogP contribution in [-0.2, 0) is 4.74 Å². The first kappa shape index (κ1) is 13.8. The third-order valence-electron chi connectivity index (χ3n) is 2.39. The van der Waals surface area contributed by atoms with Crippen LogP contribution < -0.4 is 10.1 Å². The summed E-state index contributed by atoms with van der Waals surface area (Å²) in [6.45, 7) is 4.67. The third-order valence-corrected chi connectivity index (χ3v) is 2.39. The fourth-order valence-corrected chi connectivity index (χ4v) is 1.42. The molecule has 0 aliphatic rings. The Balaban J connectivity index is 2.13. The summed E-state index contributed by atoms with van der Waals surface area (Å²) in [5.74, 6) is 1.57. The van der Waals surface area contributed by atoms with Gasteiger partial charge in [0, 0.05) is 26.0 Å². The molecule has 0 radical (unpaired) electrons. The summed E-state index contributed by atoms with van der Waals surface area (Å²) in [4.78, 5) is 4.22. The second-order valence-electron chi connectivity index (χ2n) is 3.80. The number of anilines is 1. The van der Waals surface area contributed by atoms with Gasteiger partial charge < -0.3 is 14.8 Å². The maximum Gasteiger partial charge on any atom is 0.168 e. The van der Waals surface area contributed by atoms with Gasteiger partial charge in [-0.25, -0.2) is 4.98 Å². The van der Waals surface area contributed by atoms with Crippen LogP contribution in [0.2, 0.25) is 0 Å². The molecule has 1 aromatic heterocycles. The van der Waals surface area contributed by atoms with E-state index in [1.165, 1.54) is 6.42 Å². The standard InChI is InChI=1S/C13H22N2O2/c1-3-4-10-17-11-6-9-15-13-12(16-2)7-5-8-14-13/h5,7-8H,3-4,6,9-11H2,1-2H3,(H,14,15). The van der Waals surface area contributed by atoms with Gasteiger partial charge in [-0.05, 0) is 25.0 Å². The monoisotopic (exact) mass is 238 g/mol. The van der Waals surface area contributed by atoms with E-state index < -0.39 is 0 Å². The van der Waals surface area contributed by atoms with E-state index in [1.807, 2.05) is 12.1 Å². The third kappa shape index (κ3) is 5.54. The molecule has 0 saturated carbocycles. The van der Waals surface area contributed by atoms with Crippen molar-refractivity contribution >= 4 is 5.82 Å². The topological polar surface area (TPSA) is 43.4 Å². The summed E-state index contributed by atoms with van der Waals surface area (Å²) < 4.78 is 10.7. The van der Waals surface area contributed by atoms with Crippen molar-refractivity contribution in [3.63, 3.8) is 0 Å². The molecule has 1 heterocycles. The minimum Gasteiger partial charge on any atom is -0.493 e. The van der Waals surface area contributed by atoms with Gasteiger partial charge in [0.05, 0.1) is 7.11 Å². The molecule has 4 heteroatoms. The van der Waals surface area contributed by atoms with Crippen molar-refractivity contribution in [2.45, 2.75) is 26.2 Å². The highest BCUT2D eigenvalue weighted by Gasteiger charge is 2.01. The molecular weight excluding hydrogens is 216 g/mol. The number of unbranched alkanes of at least 4 members (excludes halogenated alkanes) is 1. The second-order valence-corrected chi connectivity index (χ2v) is 3.80. The molecule has 17 heavy (non-hydrogen) atoms. The molecule has 0 aromatic carbocycles. The Hall–Kier alpha value is -1.29. The summed E-state index contributed by atoms with van der Waals surface area (Å²) >= 11 is 0. The van der Waals surface area contributed by atoms with Gasteiger partial charge in [0.25, 0.3) is 0 Å². The zero-order chi connectivity index (χ0) is 12.3. The van der Waals surface area contributed by atoms with Crippen molar-refractivity contribution in [2.75, 3.05) is 32.2 Å². The predicted octanol–water partition coefficient (Wildman–Crippen LogP) is 2.71. The largest absolute Gasteiger partial charge is 0.493 e. The fraction of sp³-hybridized carbons (Fsp3) is 0.615. The Morgan fingerprint density at radius 1 is 1.29 bits per heavy atom. The maximum absolute atomic E-state index is 5.48. The lowest BCUT2D eigenvalue weighted by atomic mass is 10.3. The highest BCUT2D eigenvalue weighted by Crippen LogP contribution is 2.19. The number of pyridine rings is 1. The Morgan fingerprint density at radius 2 is 2.12 bits per heavy atom. The lowest BCUT2D eigenvalue weighted by Gasteiger charge is -2.09. The predicted molar refractivity (Wildman–Crippen MR) is 69.6 cm³/mol. The first-order chi connectivity index (χ1) is 8.38. The first-order valence-electron chi connectivity index (χ1n) is 6.19. The number of methoxy groups -OCH3 is 1. The zero-order valence-electron chi connectivity index (χ0n) is 10.7. The normalized spacial score (nSPS) is 10.2. The highest BCUT2D eigenvalue weighted by molar-refractivity contribution is 5.49. The van der Waals surface area contributed by atoms with E-state index in [4.69, 9.17) is 9.47 Å². The molecule has 0 amide bonds. The molecular formula is C13H22N2O2. The Labute approximate surface area is 103 Å². The SMILES string of the molecule is CCCCOCCCNc1ncccc1OC. The minimum absolute atomic E-state index is 0.777. The van der Waals surface area contributed by atoms with Gasteiger partial charge in [0.15, 0.2) is 11.6 Å². The summed E-state index contributed by atoms with van der Waals surface area (Å²) in [5.41, 5.74) is 0. The maximum atomic E-state index is 5.48. The highest BCUT2D eigenvalue weighted by atomic mass is 16.5. The van der Waals surface area contributed by atoms with Gasteiger partial charge in [-0.2, -0.15) is 0 Å². The van der Waals surface area contributed by atoms with Crippen LogP contribution in [0.3, 0.4) is 0 Å². The Kier molecular flexibility index (Phi) is 7.14. The van der Waals surface area contributed by atoms with E-state index in [1.54, 1.807) is 13.3 Å². The van der Waals surface area contributed by atoms with Gasteiger partial charge >= 0.3 is 0 Å². The fourth-order valence-electron chi connectivity index (χ4n) is 1.42. The number of rotatable bonds is 9. The van der Waals surface area contributed by atoms with Crippen molar-refractivity contribution in [3.05, 3.63) is 18.3 Å². The van der Waals surface area contributed by atoms with Crippen LogP contribution >= 0.6 is 0 Å². The average Bonchev–Trinajstić information content (AvgIpc) is 2.38. The van der Waals surface area contributed by atoms with Crippen LogP contribution in [0.1, 0.15) is 26.2 Å². The lowest BCUT2D eigenvalue weighted by molar-refractivity contribution is 0.131. The number of nitrogens with zero attached hydrogens (tertiary/aromatic N) is 1. The molecule has 0 atom stereocenters. The number of aromatic nitrogens is 1. The van der Waals surface area contributed by atoms with Crippen LogP contribution in [0.5, 0.6) is 5.75 Å². The number of hydrogen-bond acceptors (Lipinski definition) is 4. The van der Waals surface area contributed by atoms with Gasteiger partial charge in [-0.3, -0.25) is 0 Å². The van der Waals surface area contributed by atoms with Gasteiger partial charge in [-0.1, -0.05) is 13.3 Å². The second kappa shape index (κ2) is 8.82. The number of ether oxygens (including phenoxy) is 2. The van der Waals surface area contributed by atoms with E-state index in [-0.39, 0.29) is 0 Å². The molecule has 1 aromatic rings. The molecule has 1 N–H and O–H groups in total. The molecule has 0 fully saturated rings. The molecule has 0 aliphatic heterocycles. The zero-order valence-corrected chi connectivity index (χ0v) is 10.7. The number of nitrogens with one attached hydrogen (secondary N) is 1. The van der Waals surface area contributed by atoms with Gasteiger partial charge in [-0.15, -0.1) is 0 Å². The van der Waals surface area contributed by atoms with E-state index >= 15 is 0 Å². The average molecular weight is 238 g/mol. The summed E-state index contributed by atoms with van der Waals surface area (Å²) in [6.07, 6.45) is 5.05. The molecule has 0 bridgehead atoms. The number of hydrogen-bond donors (Lipinski definition) is 1. The van der Waals surface area contributed by atoms with Crippen LogP contribution in [0.4, 0.5) is 5.82 Å². The van der Waals surface area contributed by atoms with E-state index in [9.17, 15) is 0 Å². The molecule has 0 saturated heterocycles. The minimum atomic E-state index is 0.777. The Morgan fingerprint density at radius 3 is 2.88 bits per heavy atom. The quantitative estimate of drug-likeness (QED) is 0.672. The van der Waals surface area contributed by atoms with Crippen LogP contribution in [0.15, 0.2) is 18.3 Å². The van der Waals surface area contributed by atoms with E-state index in [0.29, 0.717) is 0 Å². The first-order valence-corrected chi connectivity index (χ1v) is 6.19. The van der Waals surface area contributed by atoms with E-state index in [0.717, 1.165) is 44.2 Å². The Bertz CT molecular complexity index is 305. The molecule has 96 valence electrons. The van der Waals surface area contributed by atoms with Crippen LogP contribution in [-0.4, -0.2) is 31.9 Å². The van der Waals surface area contributed by atoms with Crippen molar-refractivity contribution in [2.24, 2.45) is 0 Å². The molecule has 4 nitrogen and oxygen atoms in total. The molecule has 0 unspecified atom stereocenters. The van der Waals surface area contributed by atoms with Crippen molar-refractivity contribution in [1.82, 2.24) is 4.98 Å². The van der Waals surface area contributed by atoms with Crippen molar-refractivity contribution < 1.29 is 9.47 Å². The van der Waals surface area contributed by atoms with Crippen LogP contribution in [0, 0.1) is 0 Å². The molecule has 0 spiro atoms. The van der Waals surface area contributed by atoms with E-state index in [2.05, 4.69) is 17.2 Å². The van der Waals surface area contributed by atoms with Crippen molar-refractivity contribution in [1.29, 1.82) is 0 Å². The van der Waals surface area contributed by atoms with Gasteiger partial charge in [0.2, 0.25) is 0 Å². The van der Waals surface area contributed by atoms with Crippen molar-refractivity contribution in [3.8, 4) is 5.75 Å². The molecule has 0 aliphatic carbocycles. The summed E-state index contributed by atoms with van der Waals surface area (Å²) in [5, 5.41) is 3.24. The lowest BCUT2D eigenvalue weighted by Crippen LogP contribution is -2.08. The summed E-state index contributed by atoms with van der Waals surface area (Å²) in [6, 6.07) is 3.75. The summed E-state index contributed by atoms with van der Waals surface area (Å²) in [7, 11) is 1.65. The molecule has 1 rings (SSSR count). The van der Waals surface area contributed by atoms with Crippen LogP contribution in [0.25, 0.3) is 0 Å². The van der Waals surface area contributed by atoms with Gasteiger partial charge in [0.1, 0.15) is 0 Å². The smallest absolute Gasteiger partial charge is 0.168 e.